The minimum atomic E-state index is -3.01. The summed E-state index contributed by atoms with van der Waals surface area (Å²) in [6.45, 7) is 2.46. The fourth-order valence-corrected chi connectivity index (χ4v) is 6.63. The number of benzene rings is 2. The van der Waals surface area contributed by atoms with E-state index in [0.29, 0.717) is 23.4 Å². The van der Waals surface area contributed by atoms with Crippen molar-refractivity contribution < 1.29 is 27.8 Å². The largest absolute Gasteiger partial charge is 0.444 e. The van der Waals surface area contributed by atoms with Gasteiger partial charge < -0.3 is 25.1 Å². The third-order valence-electron chi connectivity index (χ3n) is 8.61. The zero-order valence-electron chi connectivity index (χ0n) is 25.6. The second kappa shape index (κ2) is 11.5. The van der Waals surface area contributed by atoms with Crippen molar-refractivity contribution in [1.29, 1.82) is 0 Å². The lowest BCUT2D eigenvalue weighted by Crippen LogP contribution is -2.53. The lowest BCUT2D eigenvalue weighted by Gasteiger charge is -2.41. The molecule has 0 saturated heterocycles. The van der Waals surface area contributed by atoms with Crippen molar-refractivity contribution in [2.75, 3.05) is 7.05 Å². The minimum Gasteiger partial charge on any atom is -0.444 e. The van der Waals surface area contributed by atoms with E-state index in [-0.39, 0.29) is 29.9 Å². The van der Waals surface area contributed by atoms with Gasteiger partial charge in [-0.3, -0.25) is 4.79 Å². The maximum absolute atomic E-state index is 13.4. The van der Waals surface area contributed by atoms with Crippen molar-refractivity contribution in [2.45, 2.75) is 82.6 Å². The summed E-state index contributed by atoms with van der Waals surface area (Å²) in [7, 11) is 1.50. The van der Waals surface area contributed by atoms with E-state index in [1.807, 2.05) is 39.0 Å². The van der Waals surface area contributed by atoms with E-state index in [2.05, 4.69) is 25.6 Å². The Labute approximate surface area is 259 Å². The van der Waals surface area contributed by atoms with Crippen LogP contribution in [0.5, 0.6) is 5.75 Å². The number of alkyl halides is 2. The summed E-state index contributed by atoms with van der Waals surface area (Å²) in [6, 6.07) is 10.2. The number of ether oxygens (including phenoxy) is 2. The van der Waals surface area contributed by atoms with Crippen LogP contribution in [0.25, 0.3) is 22.2 Å². The molecule has 2 bridgehead atoms. The first-order valence-electron chi connectivity index (χ1n) is 15.1. The van der Waals surface area contributed by atoms with Gasteiger partial charge in [-0.1, -0.05) is 18.2 Å². The Hall–Kier alpha value is -4.45. The number of carbonyl (C=O) groups excluding carboxylic acids is 2. The molecule has 45 heavy (non-hydrogen) atoms. The number of nitrogens with zero attached hydrogens (tertiary/aromatic N) is 4. The molecule has 3 aliphatic rings. The topological polar surface area (TPSA) is 134 Å². The molecule has 10 nitrogen and oxygen atoms in total. The number of nitrogens with two attached hydrogens (primary N) is 1. The number of alkyl carbamates (subject to hydrolysis) is 1. The monoisotopic (exact) mass is 618 g/mol. The molecule has 3 N–H and O–H groups in total. The van der Waals surface area contributed by atoms with Crippen molar-refractivity contribution in [3.63, 3.8) is 0 Å². The Balaban J connectivity index is 0.00000175. The van der Waals surface area contributed by atoms with E-state index in [9.17, 15) is 18.4 Å². The van der Waals surface area contributed by atoms with Gasteiger partial charge in [0.1, 0.15) is 22.7 Å². The predicted octanol–water partition coefficient (Wildman–Crippen LogP) is 6.24. The highest BCUT2D eigenvalue weighted by Gasteiger charge is 2.44. The fourth-order valence-electron chi connectivity index (χ4n) is 6.63. The Bertz CT molecular complexity index is 1760. The lowest BCUT2D eigenvalue weighted by atomic mass is 9.76. The number of halogens is 2. The van der Waals surface area contributed by atoms with Crippen molar-refractivity contribution >= 4 is 22.9 Å². The molecular weight excluding hydrogens is 582 g/mol. The number of nitrogens with one attached hydrogen (secondary N) is 1. The number of hydrogen-bond acceptors (Lipinski definition) is 8. The van der Waals surface area contributed by atoms with E-state index < -0.39 is 23.8 Å². The normalized spacial score (nSPS) is 19.5. The molecule has 1 amide bonds. The van der Waals surface area contributed by atoms with Crippen LogP contribution in [0.2, 0.25) is 0 Å². The van der Waals surface area contributed by atoms with Crippen LogP contribution in [0.1, 0.15) is 92.4 Å². The summed E-state index contributed by atoms with van der Waals surface area (Å²) in [4.78, 5) is 39.8. The molecule has 236 valence electrons. The van der Waals surface area contributed by atoms with Gasteiger partial charge in [0.05, 0.1) is 17.1 Å². The number of hydrogen-bond donors (Lipinski definition) is 2. The third-order valence-corrected chi connectivity index (χ3v) is 8.61. The van der Waals surface area contributed by atoms with Gasteiger partial charge in [-0.2, -0.15) is 8.78 Å². The molecular formula is C33H36F2N6O4. The van der Waals surface area contributed by atoms with Crippen LogP contribution >= 0.6 is 0 Å². The maximum atomic E-state index is 13.4. The quantitative estimate of drug-likeness (QED) is 0.269. The molecule has 2 aromatic heterocycles. The Kier molecular flexibility index (Phi) is 7.80. The van der Waals surface area contributed by atoms with E-state index >= 15 is 0 Å². The maximum Gasteiger partial charge on any atom is 0.408 e. The molecule has 1 fully saturated rings. The zero-order chi connectivity index (χ0) is 32.1. The fraction of sp³-hybridized carbons (Fsp3) is 0.424. The van der Waals surface area contributed by atoms with Gasteiger partial charge in [-0.15, -0.1) is 0 Å². The van der Waals surface area contributed by atoms with Gasteiger partial charge in [0.25, 0.3) is 0 Å². The number of fused-ring (bicyclic) bond motifs is 9. The van der Waals surface area contributed by atoms with Crippen molar-refractivity contribution in [3.8, 4) is 16.9 Å². The average Bonchev–Trinajstić information content (AvgIpc) is 3.47. The molecule has 2 atom stereocenters. The van der Waals surface area contributed by atoms with Crippen LogP contribution in [0, 0.1) is 0 Å². The molecule has 0 spiro atoms. The molecule has 1 aliphatic heterocycles. The number of Topliss-reactive ketones (excluding diaryl/α,β-unsaturated/α-hetero) is 1. The number of imidazole rings is 1. The molecule has 7 rings (SSSR count). The smallest absolute Gasteiger partial charge is 0.408 e. The van der Waals surface area contributed by atoms with E-state index in [4.69, 9.17) is 14.5 Å². The molecule has 2 aliphatic carbocycles. The van der Waals surface area contributed by atoms with Gasteiger partial charge in [0, 0.05) is 41.4 Å². The van der Waals surface area contributed by atoms with Crippen LogP contribution in [0.15, 0.2) is 48.8 Å². The minimum absolute atomic E-state index is 0.0197. The summed E-state index contributed by atoms with van der Waals surface area (Å²) in [5, 5.41) is 2.99. The van der Waals surface area contributed by atoms with Crippen LogP contribution < -0.4 is 15.8 Å². The Morgan fingerprint density at radius 1 is 1.11 bits per heavy atom. The van der Waals surface area contributed by atoms with Crippen molar-refractivity contribution in [2.24, 2.45) is 5.73 Å². The Morgan fingerprint density at radius 3 is 2.49 bits per heavy atom. The number of amides is 1. The summed E-state index contributed by atoms with van der Waals surface area (Å²) >= 11 is 0. The standard InChI is InChI=1S/C32H31F2N5O4.CH5N/c1-31(2,3)43-30(41)38-32(10-5-11-32)28-35-15-19(16-36-28)17-8-9-21-22(12-17)39-23-13-18(27(39)37-21)14-24(40)20-6-4-7-25(26(20)23)42-29(33)34;1-2/h4,6-9,12,15-16,18,23,29H,5,10-11,13-14H2,1-3H3,(H,38,41);2H2,1H3/t18-,23+;/m0./s1. The van der Waals surface area contributed by atoms with E-state index in [1.54, 1.807) is 24.5 Å². The summed E-state index contributed by atoms with van der Waals surface area (Å²) < 4.78 is 39.1. The first-order valence-corrected chi connectivity index (χ1v) is 15.1. The number of rotatable bonds is 5. The van der Waals surface area contributed by atoms with Crippen molar-refractivity contribution in [3.05, 3.63) is 71.6 Å². The highest BCUT2D eigenvalue weighted by Crippen LogP contribution is 2.50. The first-order chi connectivity index (χ1) is 21.5. The highest BCUT2D eigenvalue weighted by molar-refractivity contribution is 6.00. The number of aromatic nitrogens is 4. The summed E-state index contributed by atoms with van der Waals surface area (Å²) in [6.07, 6.45) is 6.23. The van der Waals surface area contributed by atoms with Crippen LogP contribution in [-0.2, 0) is 10.3 Å². The molecule has 3 heterocycles. The Morgan fingerprint density at radius 2 is 1.84 bits per heavy atom. The van der Waals surface area contributed by atoms with Crippen molar-refractivity contribution in [1.82, 2.24) is 24.8 Å². The second-order valence-corrected chi connectivity index (χ2v) is 12.6. The molecule has 12 heteroatoms. The van der Waals surface area contributed by atoms with E-state index in [1.165, 1.54) is 13.1 Å². The second-order valence-electron chi connectivity index (χ2n) is 12.6. The number of carbonyl (C=O) groups is 2. The highest BCUT2D eigenvalue weighted by atomic mass is 19.3. The molecule has 0 unspecified atom stereocenters. The van der Waals surface area contributed by atoms with Gasteiger partial charge in [-0.25, -0.2) is 19.7 Å². The van der Waals surface area contributed by atoms with Gasteiger partial charge in [-0.05, 0) is 77.3 Å². The van der Waals surface area contributed by atoms with Gasteiger partial charge in [0.2, 0.25) is 0 Å². The van der Waals surface area contributed by atoms with Crippen LogP contribution in [0.3, 0.4) is 0 Å². The predicted molar refractivity (Wildman–Crippen MR) is 163 cm³/mol. The first kappa shape index (κ1) is 30.6. The molecule has 2 aromatic carbocycles. The molecule has 1 saturated carbocycles. The van der Waals surface area contributed by atoms with Gasteiger partial charge >= 0.3 is 12.7 Å². The molecule has 0 radical (unpaired) electrons. The zero-order valence-corrected chi connectivity index (χ0v) is 25.6. The lowest BCUT2D eigenvalue weighted by molar-refractivity contribution is -0.0507. The van der Waals surface area contributed by atoms with Crippen LogP contribution in [-0.4, -0.2) is 50.7 Å². The number of ketones is 1. The van der Waals surface area contributed by atoms with E-state index in [0.717, 1.165) is 47.2 Å². The van der Waals surface area contributed by atoms with Crippen LogP contribution in [0.4, 0.5) is 13.6 Å². The SMILES string of the molecule is CC(C)(C)OC(=O)NC1(c2ncc(-c3ccc4nc5n(c4c3)[C@@H]3C[C@H]5CC(=O)c4cccc(OC(F)F)c43)cn2)CCC1.CN. The van der Waals surface area contributed by atoms with Gasteiger partial charge in [0.15, 0.2) is 11.6 Å². The summed E-state index contributed by atoms with van der Waals surface area (Å²) in [5.41, 5.74) is 7.36. The summed E-state index contributed by atoms with van der Waals surface area (Å²) in [5.74, 6) is 1.11. The average molecular weight is 619 g/mol. The molecule has 4 aromatic rings. The third kappa shape index (κ3) is 5.52.